The minimum absolute atomic E-state index is 0.396. The lowest BCUT2D eigenvalue weighted by Crippen LogP contribution is -2.51. The summed E-state index contributed by atoms with van der Waals surface area (Å²) in [5.74, 6) is -0.906. The highest BCUT2D eigenvalue weighted by molar-refractivity contribution is 6.38. The van der Waals surface area contributed by atoms with Crippen molar-refractivity contribution in [2.24, 2.45) is 11.1 Å². The van der Waals surface area contributed by atoms with Crippen LogP contribution in [0, 0.1) is 5.41 Å². The topological polar surface area (TPSA) is 83.6 Å². The van der Waals surface area contributed by atoms with Crippen molar-refractivity contribution in [1.29, 1.82) is 0 Å². The Morgan fingerprint density at radius 2 is 2.12 bits per heavy atom. The van der Waals surface area contributed by atoms with Gasteiger partial charge in [0.15, 0.2) is 0 Å². The molecule has 0 aromatic rings. The summed E-state index contributed by atoms with van der Waals surface area (Å²) in [6.45, 7) is 5.90. The van der Waals surface area contributed by atoms with Gasteiger partial charge in [0, 0.05) is 12.0 Å². The summed E-state index contributed by atoms with van der Waals surface area (Å²) in [6.07, 6.45) is 0.980. The van der Waals surface area contributed by atoms with E-state index in [-0.39, 0.29) is 0 Å². The fourth-order valence-electron chi connectivity index (χ4n) is 1.98. The van der Waals surface area contributed by atoms with Gasteiger partial charge in [-0.25, -0.2) is 0 Å². The van der Waals surface area contributed by atoms with Crippen LogP contribution in [0.1, 0.15) is 40.0 Å². The van der Waals surface area contributed by atoms with Crippen molar-refractivity contribution in [3.63, 3.8) is 0 Å². The second-order valence-electron chi connectivity index (χ2n) is 5.27. The Labute approximate surface area is 102 Å². The fourth-order valence-corrected chi connectivity index (χ4v) is 1.98. The van der Waals surface area contributed by atoms with Gasteiger partial charge in [-0.15, -0.1) is 0 Å². The molecule has 0 unspecified atom stereocenters. The average molecular weight is 242 g/mol. The number of amides is 1. The normalized spacial score (nSPS) is 22.6. The molecule has 1 rings (SSSR count). The number of hydrogen-bond acceptors (Lipinski definition) is 4. The van der Waals surface area contributed by atoms with E-state index in [4.69, 9.17) is 5.73 Å². The molecule has 0 aliphatic carbocycles. The lowest BCUT2D eigenvalue weighted by atomic mass is 9.84. The SMILES string of the molecule is CCC(C)(C)C(=O)C(=O)N1CCC[C@H]1[C@@H](N)O. The minimum Gasteiger partial charge on any atom is -0.377 e. The lowest BCUT2D eigenvalue weighted by Gasteiger charge is -2.29. The first kappa shape index (κ1) is 14.1. The summed E-state index contributed by atoms with van der Waals surface area (Å²) in [4.78, 5) is 25.5. The van der Waals surface area contributed by atoms with Gasteiger partial charge < -0.3 is 15.7 Å². The van der Waals surface area contributed by atoms with Gasteiger partial charge >= 0.3 is 0 Å². The monoisotopic (exact) mass is 242 g/mol. The quantitative estimate of drug-likeness (QED) is 0.547. The van der Waals surface area contributed by atoms with Crippen LogP contribution in [0.3, 0.4) is 0 Å². The molecule has 2 atom stereocenters. The molecule has 0 aromatic heterocycles. The number of rotatable bonds is 4. The highest BCUT2D eigenvalue weighted by Crippen LogP contribution is 2.25. The summed E-state index contributed by atoms with van der Waals surface area (Å²) in [6, 6.07) is -0.417. The summed E-state index contributed by atoms with van der Waals surface area (Å²) >= 11 is 0. The minimum atomic E-state index is -1.07. The number of aliphatic hydroxyl groups excluding tert-OH is 1. The van der Waals surface area contributed by atoms with Crippen molar-refractivity contribution in [1.82, 2.24) is 4.90 Å². The zero-order valence-electron chi connectivity index (χ0n) is 10.8. The number of aliphatic hydroxyl groups is 1. The van der Waals surface area contributed by atoms with Gasteiger partial charge in [-0.05, 0) is 19.3 Å². The van der Waals surface area contributed by atoms with Crippen LogP contribution in [0.15, 0.2) is 0 Å². The zero-order valence-corrected chi connectivity index (χ0v) is 10.8. The van der Waals surface area contributed by atoms with Crippen molar-refractivity contribution in [2.45, 2.75) is 52.3 Å². The van der Waals surface area contributed by atoms with E-state index in [1.54, 1.807) is 13.8 Å². The first-order chi connectivity index (χ1) is 7.81. The Morgan fingerprint density at radius 3 is 2.59 bits per heavy atom. The van der Waals surface area contributed by atoms with Crippen LogP contribution in [0.5, 0.6) is 0 Å². The van der Waals surface area contributed by atoms with Crippen LogP contribution < -0.4 is 5.73 Å². The van der Waals surface area contributed by atoms with Crippen LogP contribution in [-0.4, -0.2) is 40.5 Å². The van der Waals surface area contributed by atoms with Crippen molar-refractivity contribution in [2.75, 3.05) is 6.54 Å². The molecule has 0 saturated carbocycles. The Balaban J connectivity index is 2.80. The van der Waals surface area contributed by atoms with Gasteiger partial charge in [-0.2, -0.15) is 0 Å². The first-order valence-electron chi connectivity index (χ1n) is 6.10. The highest BCUT2D eigenvalue weighted by Gasteiger charge is 2.40. The van der Waals surface area contributed by atoms with E-state index in [0.29, 0.717) is 19.4 Å². The third kappa shape index (κ3) is 2.84. The maximum absolute atomic E-state index is 12.1. The van der Waals surface area contributed by atoms with Crippen molar-refractivity contribution in [3.8, 4) is 0 Å². The molecule has 1 aliphatic rings. The van der Waals surface area contributed by atoms with Gasteiger partial charge in [0.25, 0.3) is 5.91 Å². The molecule has 0 bridgehead atoms. The number of Topliss-reactive ketones (excluding diaryl/α,β-unsaturated/α-hetero) is 1. The van der Waals surface area contributed by atoms with E-state index in [1.807, 2.05) is 6.92 Å². The van der Waals surface area contributed by atoms with E-state index in [9.17, 15) is 14.7 Å². The molecule has 1 amide bonds. The van der Waals surface area contributed by atoms with Crippen LogP contribution in [-0.2, 0) is 9.59 Å². The number of ketones is 1. The Hall–Kier alpha value is -0.940. The number of nitrogens with zero attached hydrogens (tertiary/aromatic N) is 1. The molecule has 0 aromatic carbocycles. The van der Waals surface area contributed by atoms with Gasteiger partial charge in [0.1, 0.15) is 6.23 Å². The molecule has 0 radical (unpaired) electrons. The van der Waals surface area contributed by atoms with E-state index >= 15 is 0 Å². The summed E-state index contributed by atoms with van der Waals surface area (Å²) in [5, 5.41) is 9.39. The molecular weight excluding hydrogens is 220 g/mol. The third-order valence-electron chi connectivity index (χ3n) is 3.65. The number of carbonyl (C=O) groups excluding carboxylic acids is 2. The smallest absolute Gasteiger partial charge is 0.290 e. The zero-order chi connectivity index (χ0) is 13.2. The Kier molecular flexibility index (Phi) is 4.27. The number of likely N-dealkylation sites (tertiary alicyclic amines) is 1. The standard InChI is InChI=1S/C12H22N2O3/c1-4-12(2,3)9(15)11(17)14-7-5-6-8(14)10(13)16/h8,10,16H,4-7,13H2,1-3H3/t8-,10-/m0/s1. The maximum atomic E-state index is 12.1. The largest absolute Gasteiger partial charge is 0.377 e. The number of hydrogen-bond donors (Lipinski definition) is 2. The predicted molar refractivity (Wildman–Crippen MR) is 64.0 cm³/mol. The van der Waals surface area contributed by atoms with E-state index in [2.05, 4.69) is 0 Å². The predicted octanol–water partition coefficient (Wildman–Crippen LogP) is 0.260. The van der Waals surface area contributed by atoms with Crippen molar-refractivity contribution in [3.05, 3.63) is 0 Å². The molecule has 98 valence electrons. The lowest BCUT2D eigenvalue weighted by molar-refractivity contribution is -0.151. The van der Waals surface area contributed by atoms with Crippen molar-refractivity contribution >= 4 is 11.7 Å². The molecule has 5 heteroatoms. The molecule has 3 N–H and O–H groups in total. The number of carbonyl (C=O) groups is 2. The van der Waals surface area contributed by atoms with Gasteiger partial charge in [0.2, 0.25) is 5.78 Å². The first-order valence-corrected chi connectivity index (χ1v) is 6.10. The molecule has 5 nitrogen and oxygen atoms in total. The van der Waals surface area contributed by atoms with Crippen LogP contribution >= 0.6 is 0 Å². The fraction of sp³-hybridized carbons (Fsp3) is 0.833. The summed E-state index contributed by atoms with van der Waals surface area (Å²) < 4.78 is 0. The molecule has 1 aliphatic heterocycles. The molecule has 1 fully saturated rings. The van der Waals surface area contributed by atoms with Gasteiger partial charge in [-0.1, -0.05) is 20.8 Å². The number of nitrogens with two attached hydrogens (primary N) is 1. The van der Waals surface area contributed by atoms with Gasteiger partial charge in [-0.3, -0.25) is 9.59 Å². The third-order valence-corrected chi connectivity index (χ3v) is 3.65. The second-order valence-corrected chi connectivity index (χ2v) is 5.27. The van der Waals surface area contributed by atoms with Crippen LogP contribution in [0.4, 0.5) is 0 Å². The highest BCUT2D eigenvalue weighted by atomic mass is 16.3. The molecular formula is C12H22N2O3. The van der Waals surface area contributed by atoms with Crippen LogP contribution in [0.25, 0.3) is 0 Å². The molecule has 1 saturated heterocycles. The van der Waals surface area contributed by atoms with E-state index in [0.717, 1.165) is 6.42 Å². The second kappa shape index (κ2) is 5.14. The van der Waals surface area contributed by atoms with Crippen molar-refractivity contribution < 1.29 is 14.7 Å². The Bertz CT molecular complexity index is 313. The Morgan fingerprint density at radius 1 is 1.53 bits per heavy atom. The molecule has 17 heavy (non-hydrogen) atoms. The summed E-state index contributed by atoms with van der Waals surface area (Å²) in [5.41, 5.74) is 4.77. The van der Waals surface area contributed by atoms with Crippen LogP contribution in [0.2, 0.25) is 0 Å². The average Bonchev–Trinajstić information content (AvgIpc) is 2.75. The van der Waals surface area contributed by atoms with E-state index < -0.39 is 29.4 Å². The molecule has 1 heterocycles. The van der Waals surface area contributed by atoms with Gasteiger partial charge in [0.05, 0.1) is 6.04 Å². The summed E-state index contributed by atoms with van der Waals surface area (Å²) in [7, 11) is 0. The van der Waals surface area contributed by atoms with E-state index in [1.165, 1.54) is 4.90 Å². The maximum Gasteiger partial charge on any atom is 0.290 e. The molecule has 0 spiro atoms.